The summed E-state index contributed by atoms with van der Waals surface area (Å²) in [6.07, 6.45) is 5.64. The molecule has 1 fully saturated rings. The van der Waals surface area contributed by atoms with Gasteiger partial charge in [-0.1, -0.05) is 25.1 Å². The van der Waals surface area contributed by atoms with E-state index in [9.17, 15) is 14.7 Å². The van der Waals surface area contributed by atoms with Crippen molar-refractivity contribution in [1.29, 1.82) is 0 Å². The van der Waals surface area contributed by atoms with Gasteiger partial charge in [0, 0.05) is 5.69 Å². The van der Waals surface area contributed by atoms with E-state index in [-0.39, 0.29) is 17.7 Å². The first kappa shape index (κ1) is 14.8. The summed E-state index contributed by atoms with van der Waals surface area (Å²) in [5.41, 5.74) is 3.15. The Hall–Kier alpha value is -2.10. The van der Waals surface area contributed by atoms with Crippen LogP contribution in [0.1, 0.15) is 24.5 Å². The molecule has 0 aromatic heterocycles. The van der Waals surface area contributed by atoms with Crippen molar-refractivity contribution < 1.29 is 14.7 Å². The molecule has 0 radical (unpaired) electrons. The minimum Gasteiger partial charge on any atom is -0.481 e. The van der Waals surface area contributed by atoms with Crippen LogP contribution in [0.4, 0.5) is 5.69 Å². The lowest BCUT2D eigenvalue weighted by molar-refractivity contribution is -0.146. The molecule has 4 nitrogen and oxygen atoms in total. The highest BCUT2D eigenvalue weighted by Crippen LogP contribution is 2.48. The first-order valence-corrected chi connectivity index (χ1v) is 7.82. The van der Waals surface area contributed by atoms with Gasteiger partial charge in [0.25, 0.3) is 0 Å². The van der Waals surface area contributed by atoms with E-state index in [0.717, 1.165) is 18.5 Å². The molecule has 2 bridgehead atoms. The number of rotatable bonds is 4. The predicted octanol–water partition coefficient (Wildman–Crippen LogP) is 3.02. The van der Waals surface area contributed by atoms with Gasteiger partial charge in [-0.3, -0.25) is 9.59 Å². The third-order valence-corrected chi connectivity index (χ3v) is 5.04. The van der Waals surface area contributed by atoms with Crippen molar-refractivity contribution in [2.24, 2.45) is 23.7 Å². The van der Waals surface area contributed by atoms with Crippen LogP contribution in [0.15, 0.2) is 30.4 Å². The molecule has 2 aliphatic carbocycles. The number of nitrogens with one attached hydrogen (secondary N) is 1. The monoisotopic (exact) mass is 299 g/mol. The average molecular weight is 299 g/mol. The summed E-state index contributed by atoms with van der Waals surface area (Å²) >= 11 is 0. The Bertz CT molecular complexity index is 650. The Kier molecular flexibility index (Phi) is 3.77. The molecule has 4 atom stereocenters. The lowest BCUT2D eigenvalue weighted by atomic mass is 9.82. The lowest BCUT2D eigenvalue weighted by Gasteiger charge is -2.24. The van der Waals surface area contributed by atoms with Gasteiger partial charge in [-0.25, -0.2) is 0 Å². The first-order valence-electron chi connectivity index (χ1n) is 7.82. The summed E-state index contributed by atoms with van der Waals surface area (Å²) in [6, 6.07) is 5.85. The molecule has 2 N–H and O–H groups in total. The van der Waals surface area contributed by atoms with Gasteiger partial charge in [-0.15, -0.1) is 0 Å². The van der Waals surface area contributed by atoms with Crippen molar-refractivity contribution >= 4 is 17.6 Å². The second-order valence-electron chi connectivity index (χ2n) is 6.32. The molecule has 0 saturated heterocycles. The summed E-state index contributed by atoms with van der Waals surface area (Å²) < 4.78 is 0. The van der Waals surface area contributed by atoms with E-state index in [1.165, 1.54) is 11.1 Å². The van der Waals surface area contributed by atoms with Gasteiger partial charge in [-0.05, 0) is 54.9 Å². The Labute approximate surface area is 130 Å². The van der Waals surface area contributed by atoms with Gasteiger partial charge in [0.05, 0.1) is 11.8 Å². The molecule has 4 unspecified atom stereocenters. The molecule has 2 aliphatic rings. The number of fused-ring (bicyclic) bond motifs is 2. The number of hydrogen-bond donors (Lipinski definition) is 2. The molecule has 1 amide bonds. The SMILES string of the molecule is CCc1cc(NC(=O)C2C3C=CC(C3)C2C(=O)O)ccc1C. The molecular weight excluding hydrogens is 278 g/mol. The van der Waals surface area contributed by atoms with Crippen LogP contribution >= 0.6 is 0 Å². The molecule has 116 valence electrons. The number of carboxylic acids is 1. The zero-order valence-corrected chi connectivity index (χ0v) is 12.9. The normalized spacial score (nSPS) is 28.8. The van der Waals surface area contributed by atoms with E-state index in [2.05, 4.69) is 12.2 Å². The maximum absolute atomic E-state index is 12.6. The molecule has 3 rings (SSSR count). The molecule has 1 aromatic rings. The number of carbonyl (C=O) groups excluding carboxylic acids is 1. The number of allylic oxidation sites excluding steroid dienone is 2. The number of aliphatic carboxylic acids is 1. The number of carboxylic acid groups (broad SMARTS) is 1. The Morgan fingerprint density at radius 3 is 2.55 bits per heavy atom. The van der Waals surface area contributed by atoms with Crippen molar-refractivity contribution in [3.8, 4) is 0 Å². The van der Waals surface area contributed by atoms with E-state index >= 15 is 0 Å². The fourth-order valence-corrected chi connectivity index (χ4v) is 3.87. The van der Waals surface area contributed by atoms with Gasteiger partial charge < -0.3 is 10.4 Å². The summed E-state index contributed by atoms with van der Waals surface area (Å²) in [5.74, 6) is -2.03. The second kappa shape index (κ2) is 5.59. The summed E-state index contributed by atoms with van der Waals surface area (Å²) in [7, 11) is 0. The summed E-state index contributed by atoms with van der Waals surface area (Å²) in [4.78, 5) is 24.1. The number of hydrogen-bond acceptors (Lipinski definition) is 2. The zero-order chi connectivity index (χ0) is 15.9. The summed E-state index contributed by atoms with van der Waals surface area (Å²) in [5, 5.41) is 12.3. The van der Waals surface area contributed by atoms with Crippen molar-refractivity contribution in [3.05, 3.63) is 41.5 Å². The fraction of sp³-hybridized carbons (Fsp3) is 0.444. The third-order valence-electron chi connectivity index (χ3n) is 5.04. The number of carbonyl (C=O) groups is 2. The van der Waals surface area contributed by atoms with Crippen LogP contribution in [0, 0.1) is 30.6 Å². The van der Waals surface area contributed by atoms with E-state index in [1.54, 1.807) is 0 Å². The largest absolute Gasteiger partial charge is 0.481 e. The van der Waals surface area contributed by atoms with Gasteiger partial charge in [0.15, 0.2) is 0 Å². The molecule has 4 heteroatoms. The number of anilines is 1. The maximum Gasteiger partial charge on any atom is 0.307 e. The topological polar surface area (TPSA) is 66.4 Å². The van der Waals surface area contributed by atoms with Gasteiger partial charge in [0.2, 0.25) is 5.91 Å². The van der Waals surface area contributed by atoms with Crippen molar-refractivity contribution in [2.45, 2.75) is 26.7 Å². The van der Waals surface area contributed by atoms with Crippen LogP contribution in [-0.2, 0) is 16.0 Å². The first-order chi connectivity index (χ1) is 10.5. The number of benzene rings is 1. The van der Waals surface area contributed by atoms with Crippen molar-refractivity contribution in [2.75, 3.05) is 5.32 Å². The van der Waals surface area contributed by atoms with Crippen LogP contribution in [-0.4, -0.2) is 17.0 Å². The molecule has 0 spiro atoms. The lowest BCUT2D eigenvalue weighted by Crippen LogP contribution is -2.36. The van der Waals surface area contributed by atoms with Crippen LogP contribution in [0.5, 0.6) is 0 Å². The van der Waals surface area contributed by atoms with E-state index in [0.29, 0.717) is 0 Å². The Balaban J connectivity index is 1.80. The van der Waals surface area contributed by atoms with Crippen molar-refractivity contribution in [1.82, 2.24) is 0 Å². The van der Waals surface area contributed by atoms with Crippen LogP contribution < -0.4 is 5.32 Å². The summed E-state index contributed by atoms with van der Waals surface area (Å²) in [6.45, 7) is 4.13. The fourth-order valence-electron chi connectivity index (χ4n) is 3.87. The quantitative estimate of drug-likeness (QED) is 0.840. The Morgan fingerprint density at radius 1 is 1.23 bits per heavy atom. The highest BCUT2D eigenvalue weighted by molar-refractivity contribution is 5.96. The van der Waals surface area contributed by atoms with E-state index in [1.807, 2.05) is 37.3 Å². The average Bonchev–Trinajstić information content (AvgIpc) is 3.09. The molecule has 1 saturated carbocycles. The molecule has 1 aromatic carbocycles. The molecule has 0 aliphatic heterocycles. The highest BCUT2D eigenvalue weighted by atomic mass is 16.4. The van der Waals surface area contributed by atoms with Gasteiger partial charge in [0.1, 0.15) is 0 Å². The maximum atomic E-state index is 12.6. The Morgan fingerprint density at radius 2 is 1.91 bits per heavy atom. The third kappa shape index (κ3) is 2.43. The number of amides is 1. The van der Waals surface area contributed by atoms with Crippen LogP contribution in [0.3, 0.4) is 0 Å². The smallest absolute Gasteiger partial charge is 0.307 e. The van der Waals surface area contributed by atoms with E-state index < -0.39 is 17.8 Å². The van der Waals surface area contributed by atoms with Crippen LogP contribution in [0.2, 0.25) is 0 Å². The van der Waals surface area contributed by atoms with Gasteiger partial charge in [-0.2, -0.15) is 0 Å². The van der Waals surface area contributed by atoms with Gasteiger partial charge >= 0.3 is 5.97 Å². The zero-order valence-electron chi connectivity index (χ0n) is 12.9. The molecule has 22 heavy (non-hydrogen) atoms. The van der Waals surface area contributed by atoms with Crippen LogP contribution in [0.25, 0.3) is 0 Å². The second-order valence-corrected chi connectivity index (χ2v) is 6.32. The minimum absolute atomic E-state index is 0.00229. The molecule has 0 heterocycles. The predicted molar refractivity (Wildman–Crippen MR) is 84.5 cm³/mol. The standard InChI is InChI=1S/C18H21NO3/c1-3-11-9-14(7-4-10(11)2)19-17(20)15-12-5-6-13(8-12)16(15)18(21)22/h4-7,9,12-13,15-16H,3,8H2,1-2H3,(H,19,20)(H,21,22). The highest BCUT2D eigenvalue weighted by Gasteiger charge is 2.51. The minimum atomic E-state index is -0.866. The van der Waals surface area contributed by atoms with Crippen molar-refractivity contribution in [3.63, 3.8) is 0 Å². The molecular formula is C18H21NO3. The number of aryl methyl sites for hydroxylation is 2. The van der Waals surface area contributed by atoms with E-state index in [4.69, 9.17) is 0 Å².